The molecule has 14 nitrogen and oxygen atoms in total. The number of ether oxygens (including phenoxy) is 3. The van der Waals surface area contributed by atoms with Crippen molar-refractivity contribution in [3.63, 3.8) is 0 Å². The summed E-state index contributed by atoms with van der Waals surface area (Å²) >= 11 is 1.47. The smallest absolute Gasteiger partial charge is 0.408 e. The number of H-pyrrole nitrogens is 1. The SMILES string of the molecule is O=C(NC(c1ccccc1)c1cccc(OCc2ccc(C(=O)OCCCCNCC(O)c3ccc(O)c4[nH]c(=O)ccc34)o2)c1)OC1C[N+]2(CC(=O)c3cccs3)CCC1CC2. The fraction of sp³-hybridized carbons (Fsp3) is 0.333. The number of aromatic nitrogens is 1. The maximum atomic E-state index is 13.6. The number of nitrogens with zero attached hydrogens (tertiary/aromatic N) is 1. The Morgan fingerprint density at radius 1 is 0.921 bits per heavy atom. The molecule has 328 valence electrons. The van der Waals surface area contributed by atoms with Gasteiger partial charge in [-0.1, -0.05) is 54.6 Å². The highest BCUT2D eigenvalue weighted by Gasteiger charge is 2.48. The number of esters is 1. The molecule has 15 heteroatoms. The van der Waals surface area contributed by atoms with Crippen molar-refractivity contribution >= 4 is 40.1 Å². The number of aromatic hydroxyl groups is 1. The van der Waals surface area contributed by atoms with Crippen LogP contribution in [0.3, 0.4) is 0 Å². The lowest BCUT2D eigenvalue weighted by atomic mass is 9.83. The molecule has 3 aromatic heterocycles. The molecule has 0 spiro atoms. The Morgan fingerprint density at radius 2 is 1.75 bits per heavy atom. The van der Waals surface area contributed by atoms with Crippen molar-refractivity contribution in [2.24, 2.45) is 5.92 Å². The number of alkyl carbamates (subject to hydrolysis) is 1. The Kier molecular flexibility index (Phi) is 13.7. The zero-order valence-electron chi connectivity index (χ0n) is 34.7. The minimum atomic E-state index is -0.866. The monoisotopic (exact) mass is 875 g/mol. The number of piperidine rings is 3. The summed E-state index contributed by atoms with van der Waals surface area (Å²) in [6.45, 7) is 3.92. The number of carbonyl (C=O) groups is 3. The van der Waals surface area contributed by atoms with Gasteiger partial charge < -0.3 is 48.9 Å². The number of phenolic OH excluding ortho intramolecular Hbond substituents is 1. The topological polar surface area (TPSA) is 189 Å². The number of rotatable bonds is 19. The van der Waals surface area contributed by atoms with Gasteiger partial charge in [0.1, 0.15) is 37.0 Å². The highest BCUT2D eigenvalue weighted by Crippen LogP contribution is 2.37. The number of furan rings is 1. The minimum Gasteiger partial charge on any atom is -0.506 e. The number of phenols is 1. The number of hydrogen-bond acceptors (Lipinski definition) is 12. The number of Topliss-reactive ketones (excluding diaryl/α,β-unsaturated/α-hetero) is 1. The van der Waals surface area contributed by atoms with Crippen LogP contribution >= 0.6 is 11.3 Å². The van der Waals surface area contributed by atoms with E-state index >= 15 is 0 Å². The summed E-state index contributed by atoms with van der Waals surface area (Å²) in [7, 11) is 0. The van der Waals surface area contributed by atoms with Gasteiger partial charge in [-0.3, -0.25) is 9.59 Å². The summed E-state index contributed by atoms with van der Waals surface area (Å²) < 4.78 is 24.1. The fourth-order valence-electron chi connectivity index (χ4n) is 8.68. The van der Waals surface area contributed by atoms with Gasteiger partial charge in [0, 0.05) is 36.8 Å². The highest BCUT2D eigenvalue weighted by molar-refractivity contribution is 7.12. The summed E-state index contributed by atoms with van der Waals surface area (Å²) in [5.74, 6) is 0.779. The Bertz CT molecular complexity index is 2570. The van der Waals surface area contributed by atoms with Crippen molar-refractivity contribution in [1.29, 1.82) is 0 Å². The number of carbonyl (C=O) groups excluding carboxylic acids is 3. The average molecular weight is 876 g/mol. The fourth-order valence-corrected chi connectivity index (χ4v) is 9.34. The van der Waals surface area contributed by atoms with E-state index in [9.17, 15) is 29.4 Å². The predicted molar refractivity (Wildman–Crippen MR) is 236 cm³/mol. The third-order valence-electron chi connectivity index (χ3n) is 12.0. The van der Waals surface area contributed by atoms with Crippen molar-refractivity contribution in [3.8, 4) is 11.5 Å². The predicted octanol–water partition coefficient (Wildman–Crippen LogP) is 7.03. The normalized spacial score (nSPS) is 19.0. The van der Waals surface area contributed by atoms with Crippen LogP contribution in [0.4, 0.5) is 4.79 Å². The molecule has 0 saturated carbocycles. The Balaban J connectivity index is 0.793. The van der Waals surface area contributed by atoms with Gasteiger partial charge in [0.2, 0.25) is 17.1 Å². The van der Waals surface area contributed by atoms with E-state index in [1.165, 1.54) is 23.5 Å². The number of hydrogen-bond donors (Lipinski definition) is 5. The van der Waals surface area contributed by atoms with Crippen LogP contribution in [0.15, 0.2) is 118 Å². The van der Waals surface area contributed by atoms with Gasteiger partial charge in [0.25, 0.3) is 0 Å². The van der Waals surface area contributed by atoms with Crippen LogP contribution in [0.2, 0.25) is 0 Å². The Morgan fingerprint density at radius 3 is 2.56 bits per heavy atom. The first-order valence-corrected chi connectivity index (χ1v) is 22.2. The maximum Gasteiger partial charge on any atom is 0.408 e. The van der Waals surface area contributed by atoms with Gasteiger partial charge >= 0.3 is 12.1 Å². The van der Waals surface area contributed by atoms with E-state index < -0.39 is 24.2 Å². The number of thiophene rings is 1. The van der Waals surface area contributed by atoms with Gasteiger partial charge in [-0.15, -0.1) is 11.3 Å². The van der Waals surface area contributed by atoms with Crippen LogP contribution in [-0.4, -0.2) is 89.5 Å². The van der Waals surface area contributed by atoms with E-state index in [1.807, 2.05) is 72.1 Å². The molecule has 3 aromatic carbocycles. The molecule has 0 radical (unpaired) electrons. The second kappa shape index (κ2) is 19.8. The number of quaternary nitrogens is 1. The summed E-state index contributed by atoms with van der Waals surface area (Å²) in [6, 6.07) is 29.5. The van der Waals surface area contributed by atoms with E-state index in [2.05, 4.69) is 15.6 Å². The largest absolute Gasteiger partial charge is 0.506 e. The van der Waals surface area contributed by atoms with E-state index in [-0.39, 0.29) is 60.1 Å². The number of unbranched alkanes of at least 4 members (excludes halogenated alkanes) is 1. The lowest BCUT2D eigenvalue weighted by molar-refractivity contribution is -0.938. The summed E-state index contributed by atoms with van der Waals surface area (Å²) in [4.78, 5) is 54.5. The van der Waals surface area contributed by atoms with Gasteiger partial charge in [-0.05, 0) is 83.9 Å². The molecule has 0 aliphatic carbocycles. The minimum absolute atomic E-state index is 0.0512. The van der Waals surface area contributed by atoms with Gasteiger partial charge in [-0.25, -0.2) is 9.59 Å². The number of fused-ring (bicyclic) bond motifs is 4. The van der Waals surface area contributed by atoms with Crippen LogP contribution in [0.1, 0.15) is 80.5 Å². The van der Waals surface area contributed by atoms with Crippen LogP contribution < -0.4 is 20.9 Å². The zero-order valence-corrected chi connectivity index (χ0v) is 35.5. The summed E-state index contributed by atoms with van der Waals surface area (Å²) in [5.41, 5.74) is 2.17. The van der Waals surface area contributed by atoms with Crippen LogP contribution in [0, 0.1) is 5.92 Å². The van der Waals surface area contributed by atoms with Crippen molar-refractivity contribution in [1.82, 2.24) is 15.6 Å². The number of amides is 1. The lowest BCUT2D eigenvalue weighted by Gasteiger charge is -2.51. The zero-order chi connectivity index (χ0) is 43.8. The third-order valence-corrected chi connectivity index (χ3v) is 12.9. The lowest BCUT2D eigenvalue weighted by Crippen LogP contribution is -2.66. The molecule has 1 amide bonds. The summed E-state index contributed by atoms with van der Waals surface area (Å²) in [5, 5.41) is 29.6. The Hall–Kier alpha value is -6.26. The van der Waals surface area contributed by atoms with Crippen molar-refractivity contribution < 1.29 is 47.7 Å². The van der Waals surface area contributed by atoms with Crippen molar-refractivity contribution in [2.75, 3.05) is 45.9 Å². The number of aliphatic hydroxyl groups is 1. The second-order valence-electron chi connectivity index (χ2n) is 16.3. The highest BCUT2D eigenvalue weighted by atomic mass is 32.1. The van der Waals surface area contributed by atoms with E-state index in [0.717, 1.165) is 41.9 Å². The first-order chi connectivity index (χ1) is 30.6. The molecule has 2 bridgehead atoms. The van der Waals surface area contributed by atoms with Gasteiger partial charge in [0.05, 0.1) is 42.2 Å². The molecular weight excluding hydrogens is 825 g/mol. The van der Waals surface area contributed by atoms with Gasteiger partial charge in [-0.2, -0.15) is 0 Å². The number of pyridine rings is 1. The average Bonchev–Trinajstić information content (AvgIpc) is 4.02. The molecule has 3 unspecified atom stereocenters. The first-order valence-electron chi connectivity index (χ1n) is 21.3. The van der Waals surface area contributed by atoms with E-state index in [4.69, 9.17) is 18.6 Å². The molecule has 63 heavy (non-hydrogen) atoms. The van der Waals surface area contributed by atoms with Crippen LogP contribution in [-0.2, 0) is 16.1 Å². The molecule has 6 aromatic rings. The van der Waals surface area contributed by atoms with Crippen molar-refractivity contribution in [3.05, 3.63) is 152 Å². The molecule has 3 atom stereocenters. The Labute approximate surface area is 368 Å². The molecule has 3 fully saturated rings. The van der Waals surface area contributed by atoms with Crippen molar-refractivity contribution in [2.45, 2.75) is 50.5 Å². The van der Waals surface area contributed by atoms with Crippen LogP contribution in [0.5, 0.6) is 11.5 Å². The number of nitrogens with one attached hydrogen (secondary N) is 3. The van der Waals surface area contributed by atoms with Crippen LogP contribution in [0.25, 0.3) is 10.9 Å². The number of ketones is 1. The molecular formula is C48H51N4O10S+. The number of benzene rings is 3. The molecule has 9 rings (SSSR count). The molecule has 5 N–H and O–H groups in total. The maximum absolute atomic E-state index is 13.6. The first kappa shape index (κ1) is 43.4. The molecule has 6 heterocycles. The number of aromatic amines is 1. The quantitative estimate of drug-likeness (QED) is 0.0243. The second-order valence-corrected chi connectivity index (χ2v) is 17.2. The number of aliphatic hydroxyl groups excluding tert-OH is 1. The van der Waals surface area contributed by atoms with Gasteiger partial charge in [0.15, 0.2) is 6.10 Å². The molecule has 3 aliphatic heterocycles. The van der Waals surface area contributed by atoms with E-state index in [0.29, 0.717) is 59.4 Å². The summed E-state index contributed by atoms with van der Waals surface area (Å²) in [6.07, 6.45) is 1.44. The molecule has 3 saturated heterocycles. The third kappa shape index (κ3) is 10.7. The standard InChI is InChI=1S/C48H50N4O10S/c53-38-16-14-36(37-15-18-44(56)50-46(37)38)39(54)27-49-21-4-5-24-59-47(57)41-17-13-35(61-41)30-60-34-11-6-10-33(26-34)45(32-8-2-1-3-9-32)51-48(58)62-42-29-52(22-19-31(42)20-23-52)28-40(55)43-12-7-25-63-43/h1-3,6-18,25-26,31,39,42,45,49,54H,4-5,19-24,27-30H2,(H2-,50,51,53,56,58)/p+1. The van der Waals surface area contributed by atoms with E-state index in [1.54, 1.807) is 24.3 Å². The molecule has 3 aliphatic rings.